The average Bonchev–Trinajstić information content (AvgIpc) is 3.81. The number of carbonyl (C=O) groups excluding carboxylic acids is 2. The summed E-state index contributed by atoms with van der Waals surface area (Å²) in [5.41, 5.74) is 1.91. The maximum atomic E-state index is 15.0. The molecule has 0 unspecified atom stereocenters. The molecule has 0 radical (unpaired) electrons. The summed E-state index contributed by atoms with van der Waals surface area (Å²) in [5.74, 6) is -2.40. The van der Waals surface area contributed by atoms with E-state index in [1.807, 2.05) is 0 Å². The Morgan fingerprint density at radius 1 is 1.18 bits per heavy atom. The maximum Gasteiger partial charge on any atom is 0.273 e. The summed E-state index contributed by atoms with van der Waals surface area (Å²) in [7, 11) is 0. The van der Waals surface area contributed by atoms with Gasteiger partial charge in [0.25, 0.3) is 5.91 Å². The van der Waals surface area contributed by atoms with Crippen LogP contribution in [0, 0.1) is 43.4 Å². The van der Waals surface area contributed by atoms with Crippen molar-refractivity contribution < 1.29 is 23.5 Å². The van der Waals surface area contributed by atoms with Crippen LogP contribution in [0.5, 0.6) is 0 Å². The van der Waals surface area contributed by atoms with Crippen molar-refractivity contribution in [1.29, 1.82) is 0 Å². The zero-order valence-electron chi connectivity index (χ0n) is 21.3. The summed E-state index contributed by atoms with van der Waals surface area (Å²) in [4.78, 5) is 30.7. The van der Waals surface area contributed by atoms with Gasteiger partial charge in [-0.1, -0.05) is 0 Å². The quantitative estimate of drug-likeness (QED) is 0.283. The van der Waals surface area contributed by atoms with Gasteiger partial charge in [-0.15, -0.1) is 0 Å². The van der Waals surface area contributed by atoms with Crippen molar-refractivity contribution in [3.8, 4) is 11.1 Å². The molecule has 0 aromatic carbocycles. The molecular formula is C26H31F2N7O3. The summed E-state index contributed by atoms with van der Waals surface area (Å²) < 4.78 is 30.7. The molecule has 0 bridgehead atoms. The van der Waals surface area contributed by atoms with Crippen LogP contribution in [0.1, 0.15) is 54.0 Å². The van der Waals surface area contributed by atoms with Crippen LogP contribution in [0.25, 0.3) is 11.1 Å². The number of rotatable bonds is 11. The second kappa shape index (κ2) is 10.6. The van der Waals surface area contributed by atoms with Gasteiger partial charge in [-0.3, -0.25) is 19.4 Å². The number of hydrogen-bond acceptors (Lipinski definition) is 6. The highest BCUT2D eigenvalue weighted by atomic mass is 19.1. The SMILES string of the molecule is Cc1n[nH]c(C)c1-c1ccc(NC(=O)[C@@H](NC(=O)c2c(F)cnn2CCCO)C(C2CC2)C2CC2)nc1F. The first kappa shape index (κ1) is 26.0. The van der Waals surface area contributed by atoms with E-state index >= 15 is 4.39 Å². The van der Waals surface area contributed by atoms with Crippen molar-refractivity contribution in [1.82, 2.24) is 30.3 Å². The van der Waals surface area contributed by atoms with Crippen molar-refractivity contribution in [2.24, 2.45) is 17.8 Å². The predicted octanol–water partition coefficient (Wildman–Crippen LogP) is 3.12. The van der Waals surface area contributed by atoms with Crippen LogP contribution in [0.2, 0.25) is 0 Å². The van der Waals surface area contributed by atoms with E-state index in [0.29, 0.717) is 23.4 Å². The number of aromatic nitrogens is 5. The lowest BCUT2D eigenvalue weighted by atomic mass is 9.88. The number of aromatic amines is 1. The van der Waals surface area contributed by atoms with E-state index in [-0.39, 0.29) is 48.0 Å². The van der Waals surface area contributed by atoms with E-state index in [0.717, 1.165) is 31.9 Å². The van der Waals surface area contributed by atoms with Gasteiger partial charge in [0.1, 0.15) is 11.9 Å². The van der Waals surface area contributed by atoms with E-state index in [4.69, 9.17) is 5.11 Å². The molecule has 38 heavy (non-hydrogen) atoms. The molecule has 5 rings (SSSR count). The second-order valence-corrected chi connectivity index (χ2v) is 10.2. The molecule has 1 atom stereocenters. The standard InChI is InChI=1S/C26H31F2N7O3/c1-13-20(14(2)34-33-13)17-8-9-19(30-24(17)28)31-25(37)22(21(15-4-5-15)16-6-7-16)32-26(38)23-18(27)12-29-35(23)10-3-11-36/h8-9,12,15-16,21-22,36H,3-7,10-11H2,1-2H3,(H,32,38)(H,33,34)(H,30,31,37)/t22-/m0/s1. The Labute approximate surface area is 218 Å². The third-order valence-corrected chi connectivity index (χ3v) is 7.32. The lowest BCUT2D eigenvalue weighted by molar-refractivity contribution is -0.119. The van der Waals surface area contributed by atoms with Crippen LogP contribution < -0.4 is 10.6 Å². The molecule has 0 saturated heterocycles. The zero-order chi connectivity index (χ0) is 27.0. The molecule has 2 saturated carbocycles. The lowest BCUT2D eigenvalue weighted by Crippen LogP contribution is -2.50. The summed E-state index contributed by atoms with van der Waals surface area (Å²) >= 11 is 0. The Balaban J connectivity index is 1.39. The minimum Gasteiger partial charge on any atom is -0.396 e. The Morgan fingerprint density at radius 2 is 1.89 bits per heavy atom. The van der Waals surface area contributed by atoms with Crippen LogP contribution in [0.15, 0.2) is 18.3 Å². The molecule has 2 fully saturated rings. The van der Waals surface area contributed by atoms with Gasteiger partial charge < -0.3 is 15.7 Å². The van der Waals surface area contributed by atoms with E-state index in [2.05, 4.69) is 30.9 Å². The fourth-order valence-corrected chi connectivity index (χ4v) is 5.26. The van der Waals surface area contributed by atoms with E-state index in [1.165, 1.54) is 16.8 Å². The van der Waals surface area contributed by atoms with Crippen LogP contribution in [-0.2, 0) is 11.3 Å². The monoisotopic (exact) mass is 527 g/mol. The Bertz CT molecular complexity index is 1320. The van der Waals surface area contributed by atoms with Crippen molar-refractivity contribution in [2.75, 3.05) is 11.9 Å². The van der Waals surface area contributed by atoms with Crippen LogP contribution in [-0.4, -0.2) is 54.5 Å². The minimum absolute atomic E-state index is 0.0128. The lowest BCUT2D eigenvalue weighted by Gasteiger charge is -2.27. The number of carbonyl (C=O) groups is 2. The van der Waals surface area contributed by atoms with Crippen molar-refractivity contribution >= 4 is 17.6 Å². The largest absolute Gasteiger partial charge is 0.396 e. The number of aliphatic hydroxyl groups is 1. The zero-order valence-corrected chi connectivity index (χ0v) is 21.3. The molecule has 2 aliphatic carbocycles. The topological polar surface area (TPSA) is 138 Å². The minimum atomic E-state index is -0.953. The molecule has 0 aliphatic heterocycles. The first-order chi connectivity index (χ1) is 18.3. The Hall–Kier alpha value is -3.67. The molecule has 4 N–H and O–H groups in total. The number of hydrogen-bond donors (Lipinski definition) is 4. The number of halogens is 2. The first-order valence-electron chi connectivity index (χ1n) is 12.9. The highest BCUT2D eigenvalue weighted by Gasteiger charge is 2.48. The number of H-pyrrole nitrogens is 1. The maximum absolute atomic E-state index is 15.0. The molecular weight excluding hydrogens is 496 g/mol. The number of aryl methyl sites for hydroxylation is 3. The van der Waals surface area contributed by atoms with Gasteiger partial charge >= 0.3 is 0 Å². The summed E-state index contributed by atoms with van der Waals surface area (Å²) in [6.45, 7) is 3.56. The molecule has 2 amide bonds. The second-order valence-electron chi connectivity index (χ2n) is 10.2. The van der Waals surface area contributed by atoms with Crippen LogP contribution >= 0.6 is 0 Å². The fourth-order valence-electron chi connectivity index (χ4n) is 5.26. The third-order valence-electron chi connectivity index (χ3n) is 7.32. The van der Waals surface area contributed by atoms with Crippen LogP contribution in [0.4, 0.5) is 14.6 Å². The van der Waals surface area contributed by atoms with E-state index in [1.54, 1.807) is 13.8 Å². The molecule has 0 spiro atoms. The van der Waals surface area contributed by atoms with Crippen molar-refractivity contribution in [3.05, 3.63) is 47.2 Å². The van der Waals surface area contributed by atoms with Gasteiger partial charge in [0.05, 0.1) is 11.9 Å². The van der Waals surface area contributed by atoms with Gasteiger partial charge in [-0.25, -0.2) is 9.37 Å². The molecule has 202 valence electrons. The number of anilines is 1. The number of nitrogens with one attached hydrogen (secondary N) is 3. The molecule has 3 aromatic rings. The molecule has 2 aliphatic rings. The fraction of sp³-hybridized carbons (Fsp3) is 0.500. The average molecular weight is 528 g/mol. The van der Waals surface area contributed by atoms with Gasteiger partial charge in [-0.05, 0) is 75.8 Å². The van der Waals surface area contributed by atoms with Gasteiger partial charge in [-0.2, -0.15) is 14.6 Å². The number of aliphatic hydroxyl groups excluding tert-OH is 1. The van der Waals surface area contributed by atoms with Gasteiger partial charge in [0.2, 0.25) is 11.9 Å². The van der Waals surface area contributed by atoms with Crippen molar-refractivity contribution in [2.45, 2.75) is 58.5 Å². The number of nitrogens with zero attached hydrogens (tertiary/aromatic N) is 4. The Kier molecular flexibility index (Phi) is 7.24. The van der Waals surface area contributed by atoms with Crippen molar-refractivity contribution in [3.63, 3.8) is 0 Å². The smallest absolute Gasteiger partial charge is 0.273 e. The highest BCUT2D eigenvalue weighted by molar-refractivity contribution is 6.00. The molecule has 10 nitrogen and oxygen atoms in total. The summed E-state index contributed by atoms with van der Waals surface area (Å²) in [6, 6.07) is 2.09. The van der Waals surface area contributed by atoms with E-state index in [9.17, 15) is 14.0 Å². The normalized spacial score (nSPS) is 16.1. The summed E-state index contributed by atoms with van der Waals surface area (Å²) in [5, 5.41) is 25.4. The highest BCUT2D eigenvalue weighted by Crippen LogP contribution is 2.51. The number of pyridine rings is 1. The number of amides is 2. The van der Waals surface area contributed by atoms with Gasteiger partial charge in [0, 0.05) is 30.0 Å². The predicted molar refractivity (Wildman–Crippen MR) is 134 cm³/mol. The Morgan fingerprint density at radius 3 is 2.47 bits per heavy atom. The molecule has 3 aromatic heterocycles. The molecule has 3 heterocycles. The van der Waals surface area contributed by atoms with Crippen LogP contribution in [0.3, 0.4) is 0 Å². The summed E-state index contributed by atoms with van der Waals surface area (Å²) in [6.07, 6.45) is 5.05. The van der Waals surface area contributed by atoms with Gasteiger partial charge in [0.15, 0.2) is 11.5 Å². The van der Waals surface area contributed by atoms with E-state index < -0.39 is 29.6 Å². The molecule has 12 heteroatoms. The first-order valence-corrected chi connectivity index (χ1v) is 12.9. The third kappa shape index (κ3) is 5.31.